The van der Waals surface area contributed by atoms with Crippen molar-refractivity contribution in [3.8, 4) is 0 Å². The van der Waals surface area contributed by atoms with Gasteiger partial charge in [0.1, 0.15) is 0 Å². The Morgan fingerprint density at radius 1 is 1.00 bits per heavy atom. The van der Waals surface area contributed by atoms with Crippen LogP contribution in [0.15, 0.2) is 0 Å². The molecular weight excluding hydrogens is 240 g/mol. The van der Waals surface area contributed by atoms with Gasteiger partial charge in [-0.2, -0.15) is 0 Å². The summed E-state index contributed by atoms with van der Waals surface area (Å²) < 4.78 is 20.8. The number of rotatable bonds is 8. The third-order valence-electron chi connectivity index (χ3n) is 1.44. The number of unbranched alkanes of at least 4 members (excludes halogenated alkanes) is 2. The van der Waals surface area contributed by atoms with Crippen LogP contribution in [-0.4, -0.2) is 13.2 Å². The molecule has 0 aromatic rings. The molecule has 0 atom stereocenters. The molecule has 0 amide bonds. The van der Waals surface area contributed by atoms with Gasteiger partial charge in [0.15, 0.2) is 0 Å². The molecule has 0 rings (SSSR count). The van der Waals surface area contributed by atoms with Crippen molar-refractivity contribution in [1.82, 2.24) is 0 Å². The van der Waals surface area contributed by atoms with Crippen LogP contribution in [0.1, 0.15) is 39.5 Å². The Morgan fingerprint density at radius 3 is 1.69 bits per heavy atom. The van der Waals surface area contributed by atoms with E-state index in [-0.39, 0.29) is 19.5 Å². The molecule has 0 aromatic carbocycles. The van der Waals surface area contributed by atoms with Crippen molar-refractivity contribution in [2.75, 3.05) is 13.2 Å². The van der Waals surface area contributed by atoms with Gasteiger partial charge in [-0.3, -0.25) is 4.57 Å². The second kappa shape index (κ2) is 12.8. The molecule has 0 saturated heterocycles. The molecule has 0 saturated carbocycles. The third kappa shape index (κ3) is 12.8. The fourth-order valence-electron chi connectivity index (χ4n) is 0.641. The van der Waals surface area contributed by atoms with Gasteiger partial charge in [0, 0.05) is 19.5 Å². The molecule has 13 heavy (non-hydrogen) atoms. The summed E-state index contributed by atoms with van der Waals surface area (Å²) in [7, 11) is -2.18. The van der Waals surface area contributed by atoms with E-state index in [1.807, 2.05) is 0 Å². The summed E-state index contributed by atoms with van der Waals surface area (Å²) in [6, 6.07) is 0. The zero-order chi connectivity index (χ0) is 9.23. The van der Waals surface area contributed by atoms with E-state index in [2.05, 4.69) is 13.8 Å². The molecule has 0 aromatic heterocycles. The first-order chi connectivity index (χ1) is 5.81. The van der Waals surface area contributed by atoms with Gasteiger partial charge in [-0.05, 0) is 12.8 Å². The SMILES string of the molecule is CCCCO[PH](=O)OCCCC.[Zn]. The van der Waals surface area contributed by atoms with E-state index in [9.17, 15) is 4.57 Å². The Morgan fingerprint density at radius 2 is 1.38 bits per heavy atom. The Bertz CT molecular complexity index is 110. The molecule has 0 unspecified atom stereocenters. The minimum absolute atomic E-state index is 0. The van der Waals surface area contributed by atoms with Crippen molar-refractivity contribution in [2.24, 2.45) is 0 Å². The second-order valence-corrected chi connectivity index (χ2v) is 3.73. The molecule has 0 aliphatic rings. The standard InChI is InChI=1S/C8H19O3P.Zn/c1-3-5-7-10-12(9)11-8-6-4-2;/h12H,3-8H2,1-2H3;. The molecule has 0 radical (unpaired) electrons. The Hall–Kier alpha value is 0.773. The first-order valence-electron chi connectivity index (χ1n) is 4.60. The maximum atomic E-state index is 10.9. The van der Waals surface area contributed by atoms with Crippen LogP contribution in [0.5, 0.6) is 0 Å². The summed E-state index contributed by atoms with van der Waals surface area (Å²) in [5, 5.41) is 0. The van der Waals surface area contributed by atoms with Crippen molar-refractivity contribution < 1.29 is 33.1 Å². The third-order valence-corrected chi connectivity index (χ3v) is 2.32. The quantitative estimate of drug-likeness (QED) is 0.382. The summed E-state index contributed by atoms with van der Waals surface area (Å²) >= 11 is 0. The van der Waals surface area contributed by atoms with Crippen molar-refractivity contribution in [3.05, 3.63) is 0 Å². The number of hydrogen-bond acceptors (Lipinski definition) is 3. The van der Waals surface area contributed by atoms with E-state index in [0.717, 1.165) is 25.7 Å². The van der Waals surface area contributed by atoms with Gasteiger partial charge in [-0.1, -0.05) is 26.7 Å². The molecule has 0 N–H and O–H groups in total. The molecule has 0 spiro atoms. The van der Waals surface area contributed by atoms with Gasteiger partial charge in [0.25, 0.3) is 0 Å². The van der Waals surface area contributed by atoms with Gasteiger partial charge in [0.2, 0.25) is 0 Å². The van der Waals surface area contributed by atoms with E-state index < -0.39 is 8.25 Å². The van der Waals surface area contributed by atoms with E-state index in [0.29, 0.717) is 13.2 Å². The van der Waals surface area contributed by atoms with Gasteiger partial charge >= 0.3 is 8.25 Å². The van der Waals surface area contributed by atoms with Crippen LogP contribution >= 0.6 is 8.25 Å². The Kier molecular flexibility index (Phi) is 15.9. The van der Waals surface area contributed by atoms with Crippen molar-refractivity contribution in [2.45, 2.75) is 39.5 Å². The summed E-state index contributed by atoms with van der Waals surface area (Å²) in [6.07, 6.45) is 4.02. The summed E-state index contributed by atoms with van der Waals surface area (Å²) in [5.41, 5.74) is 0. The van der Waals surface area contributed by atoms with E-state index in [1.54, 1.807) is 0 Å². The van der Waals surface area contributed by atoms with Crippen LogP contribution in [0.3, 0.4) is 0 Å². The fraction of sp³-hybridized carbons (Fsp3) is 1.00. The van der Waals surface area contributed by atoms with Crippen LogP contribution in [0, 0.1) is 0 Å². The van der Waals surface area contributed by atoms with Crippen molar-refractivity contribution in [3.63, 3.8) is 0 Å². The Balaban J connectivity index is 0. The van der Waals surface area contributed by atoms with Gasteiger partial charge in [-0.15, -0.1) is 0 Å². The predicted molar refractivity (Wildman–Crippen MR) is 50.7 cm³/mol. The maximum Gasteiger partial charge on any atom is 0.319 e. The van der Waals surface area contributed by atoms with Gasteiger partial charge in [-0.25, -0.2) is 0 Å². The molecule has 5 heteroatoms. The van der Waals surface area contributed by atoms with E-state index >= 15 is 0 Å². The van der Waals surface area contributed by atoms with E-state index in [1.165, 1.54) is 0 Å². The summed E-state index contributed by atoms with van der Waals surface area (Å²) in [5.74, 6) is 0. The Labute approximate surface area is 94.3 Å². The fourth-order valence-corrected chi connectivity index (χ4v) is 1.35. The van der Waals surface area contributed by atoms with Crippen LogP contribution in [0.25, 0.3) is 0 Å². The van der Waals surface area contributed by atoms with Crippen molar-refractivity contribution in [1.29, 1.82) is 0 Å². The molecule has 0 aliphatic heterocycles. The molecule has 3 nitrogen and oxygen atoms in total. The van der Waals surface area contributed by atoms with Crippen molar-refractivity contribution >= 4 is 8.25 Å². The van der Waals surface area contributed by atoms with Gasteiger partial charge in [0.05, 0.1) is 13.2 Å². The zero-order valence-electron chi connectivity index (χ0n) is 8.67. The van der Waals surface area contributed by atoms with Crippen LogP contribution in [0.2, 0.25) is 0 Å². The minimum Gasteiger partial charge on any atom is -0.311 e. The summed E-state index contributed by atoms with van der Waals surface area (Å²) in [4.78, 5) is 0. The molecular formula is C8H19O3PZn. The predicted octanol–water partition coefficient (Wildman–Crippen LogP) is 3.01. The monoisotopic (exact) mass is 258 g/mol. The second-order valence-electron chi connectivity index (χ2n) is 2.65. The van der Waals surface area contributed by atoms with Crippen LogP contribution < -0.4 is 0 Å². The molecule has 76 valence electrons. The first-order valence-corrected chi connectivity index (χ1v) is 5.83. The molecule has 0 fully saturated rings. The number of hydrogen-bond donors (Lipinski definition) is 0. The average molecular weight is 260 g/mol. The normalized spacial score (nSPS) is 10.1. The molecule has 0 heterocycles. The molecule has 0 bridgehead atoms. The zero-order valence-corrected chi connectivity index (χ0v) is 12.6. The van der Waals surface area contributed by atoms with Gasteiger partial charge < -0.3 is 9.05 Å². The minimum atomic E-state index is -2.18. The van der Waals surface area contributed by atoms with Crippen LogP contribution in [0.4, 0.5) is 0 Å². The topological polar surface area (TPSA) is 35.5 Å². The summed E-state index contributed by atoms with van der Waals surface area (Å²) in [6.45, 7) is 5.25. The first kappa shape index (κ1) is 16.2. The largest absolute Gasteiger partial charge is 0.319 e. The van der Waals surface area contributed by atoms with Crippen LogP contribution in [-0.2, 0) is 33.1 Å². The van der Waals surface area contributed by atoms with E-state index in [4.69, 9.17) is 9.05 Å². The average Bonchev–Trinajstić information content (AvgIpc) is 2.06. The molecule has 0 aliphatic carbocycles. The maximum absolute atomic E-state index is 10.9. The smallest absolute Gasteiger partial charge is 0.311 e.